The minimum atomic E-state index is -0.0213. The van der Waals surface area contributed by atoms with Crippen molar-refractivity contribution in [3.05, 3.63) is 48.0 Å². The van der Waals surface area contributed by atoms with E-state index >= 15 is 0 Å². The van der Waals surface area contributed by atoms with Crippen molar-refractivity contribution in [1.82, 2.24) is 9.80 Å². The molecule has 0 saturated carbocycles. The fraction of sp³-hybridized carbons (Fsp3) is 0.391. The molecule has 2 aromatic rings. The van der Waals surface area contributed by atoms with Gasteiger partial charge in [0, 0.05) is 49.6 Å². The predicted octanol–water partition coefficient (Wildman–Crippen LogP) is 3.21. The highest BCUT2D eigenvalue weighted by Gasteiger charge is 2.23. The van der Waals surface area contributed by atoms with Gasteiger partial charge < -0.3 is 19.7 Å². The Morgan fingerprint density at radius 3 is 2.39 bits per heavy atom. The summed E-state index contributed by atoms with van der Waals surface area (Å²) < 4.78 is 10.5. The molecule has 1 heterocycles. The van der Waals surface area contributed by atoms with Crippen molar-refractivity contribution < 1.29 is 19.1 Å². The van der Waals surface area contributed by atoms with Gasteiger partial charge in [0.1, 0.15) is 0 Å². The Balaban J connectivity index is 1.47. The molecule has 2 amide bonds. The number of nitrogens with one attached hydrogen (secondary N) is 1. The molecular weight excluding hydrogens is 414 g/mol. The number of hydrogen-bond donors (Lipinski definition) is 1. The van der Waals surface area contributed by atoms with E-state index in [1.807, 2.05) is 35.4 Å². The number of thioether (sulfide) groups is 1. The van der Waals surface area contributed by atoms with Crippen LogP contribution in [0.25, 0.3) is 0 Å². The minimum absolute atomic E-state index is 0.00494. The maximum absolute atomic E-state index is 12.8. The third-order valence-corrected chi connectivity index (χ3v) is 6.12. The monoisotopic (exact) mass is 443 g/mol. The third-order valence-electron chi connectivity index (χ3n) is 5.33. The van der Waals surface area contributed by atoms with E-state index in [2.05, 4.69) is 10.2 Å². The van der Waals surface area contributed by atoms with Crippen LogP contribution in [0.1, 0.15) is 16.8 Å². The van der Waals surface area contributed by atoms with Crippen LogP contribution in [0.5, 0.6) is 11.5 Å². The normalized spacial score (nSPS) is 14.2. The largest absolute Gasteiger partial charge is 0.493 e. The summed E-state index contributed by atoms with van der Waals surface area (Å²) in [7, 11) is 3.13. The molecule has 0 spiro atoms. The van der Waals surface area contributed by atoms with Gasteiger partial charge in [0.15, 0.2) is 11.5 Å². The second-order valence-electron chi connectivity index (χ2n) is 7.20. The maximum Gasteiger partial charge on any atom is 0.254 e. The number of anilines is 1. The second kappa shape index (κ2) is 11.1. The number of piperazine rings is 1. The first-order valence-electron chi connectivity index (χ1n) is 10.2. The number of nitrogens with zero attached hydrogens (tertiary/aromatic N) is 2. The maximum atomic E-state index is 12.8. The second-order valence-corrected chi connectivity index (χ2v) is 8.05. The predicted molar refractivity (Wildman–Crippen MR) is 123 cm³/mol. The average Bonchev–Trinajstić information content (AvgIpc) is 2.82. The zero-order valence-corrected chi connectivity index (χ0v) is 19.0. The van der Waals surface area contributed by atoms with Gasteiger partial charge in [-0.25, -0.2) is 0 Å². The molecule has 166 valence electrons. The van der Waals surface area contributed by atoms with Gasteiger partial charge in [0.2, 0.25) is 5.91 Å². The van der Waals surface area contributed by atoms with Crippen LogP contribution in [0, 0.1) is 0 Å². The summed E-state index contributed by atoms with van der Waals surface area (Å²) in [6.45, 7) is 3.42. The number of carbonyl (C=O) groups excluding carboxylic acids is 2. The van der Waals surface area contributed by atoms with Crippen molar-refractivity contribution >= 4 is 29.3 Å². The molecule has 2 aromatic carbocycles. The van der Waals surface area contributed by atoms with Crippen molar-refractivity contribution in [2.24, 2.45) is 0 Å². The lowest BCUT2D eigenvalue weighted by Crippen LogP contribution is -2.49. The lowest BCUT2D eigenvalue weighted by molar-refractivity contribution is -0.116. The van der Waals surface area contributed by atoms with Gasteiger partial charge in [-0.2, -0.15) is 0 Å². The quantitative estimate of drug-likeness (QED) is 0.632. The molecule has 0 aromatic heterocycles. The Labute approximate surface area is 187 Å². The van der Waals surface area contributed by atoms with Crippen LogP contribution >= 0.6 is 11.8 Å². The highest BCUT2D eigenvalue weighted by molar-refractivity contribution is 7.98. The van der Waals surface area contributed by atoms with E-state index in [1.54, 1.807) is 44.2 Å². The first kappa shape index (κ1) is 23.0. The Morgan fingerprint density at radius 2 is 1.71 bits per heavy atom. The topological polar surface area (TPSA) is 71.1 Å². The summed E-state index contributed by atoms with van der Waals surface area (Å²) in [6, 6.07) is 13.0. The minimum Gasteiger partial charge on any atom is -0.493 e. The summed E-state index contributed by atoms with van der Waals surface area (Å²) >= 11 is 1.61. The summed E-state index contributed by atoms with van der Waals surface area (Å²) in [5, 5.41) is 3.00. The highest BCUT2D eigenvalue weighted by Crippen LogP contribution is 2.28. The zero-order chi connectivity index (χ0) is 22.2. The Kier molecular flexibility index (Phi) is 8.20. The van der Waals surface area contributed by atoms with Crippen LogP contribution in [0.4, 0.5) is 5.69 Å². The van der Waals surface area contributed by atoms with E-state index in [0.29, 0.717) is 43.1 Å². The molecule has 1 aliphatic rings. The van der Waals surface area contributed by atoms with Crippen LogP contribution in [0.15, 0.2) is 47.4 Å². The molecular formula is C23H29N3O4S. The molecule has 1 N–H and O–H groups in total. The zero-order valence-electron chi connectivity index (χ0n) is 18.2. The highest BCUT2D eigenvalue weighted by atomic mass is 32.2. The number of ether oxygens (including phenoxy) is 2. The van der Waals surface area contributed by atoms with Crippen LogP contribution < -0.4 is 14.8 Å². The van der Waals surface area contributed by atoms with Crippen molar-refractivity contribution in [3.63, 3.8) is 0 Å². The number of methoxy groups -OCH3 is 2. The fourth-order valence-electron chi connectivity index (χ4n) is 3.55. The van der Waals surface area contributed by atoms with Gasteiger partial charge in [-0.05, 0) is 36.6 Å². The number of rotatable bonds is 8. The molecule has 0 bridgehead atoms. The number of carbonyl (C=O) groups is 2. The van der Waals surface area contributed by atoms with E-state index in [4.69, 9.17) is 9.47 Å². The summed E-state index contributed by atoms with van der Waals surface area (Å²) in [5.41, 5.74) is 1.43. The number of amides is 2. The van der Waals surface area contributed by atoms with Crippen molar-refractivity contribution in [3.8, 4) is 11.5 Å². The summed E-state index contributed by atoms with van der Waals surface area (Å²) in [6.07, 6.45) is 2.42. The van der Waals surface area contributed by atoms with Crippen LogP contribution in [-0.4, -0.2) is 74.8 Å². The molecule has 31 heavy (non-hydrogen) atoms. The number of para-hydroxylation sites is 1. The van der Waals surface area contributed by atoms with E-state index in [1.165, 1.54) is 0 Å². The number of hydrogen-bond acceptors (Lipinski definition) is 6. The summed E-state index contributed by atoms with van der Waals surface area (Å²) in [4.78, 5) is 30.3. The lowest BCUT2D eigenvalue weighted by Gasteiger charge is -2.34. The Morgan fingerprint density at radius 1 is 1.00 bits per heavy atom. The van der Waals surface area contributed by atoms with E-state index < -0.39 is 0 Å². The molecule has 1 aliphatic heterocycles. The molecule has 0 aliphatic carbocycles. The van der Waals surface area contributed by atoms with E-state index in [0.717, 1.165) is 23.7 Å². The van der Waals surface area contributed by atoms with Crippen molar-refractivity contribution in [2.75, 3.05) is 58.5 Å². The van der Waals surface area contributed by atoms with Crippen LogP contribution in [0.2, 0.25) is 0 Å². The average molecular weight is 444 g/mol. The van der Waals surface area contributed by atoms with Gasteiger partial charge in [0.25, 0.3) is 5.91 Å². The van der Waals surface area contributed by atoms with E-state index in [-0.39, 0.29) is 11.8 Å². The van der Waals surface area contributed by atoms with Crippen molar-refractivity contribution in [1.29, 1.82) is 0 Å². The first-order valence-corrected chi connectivity index (χ1v) is 11.4. The Hall–Kier alpha value is -2.71. The van der Waals surface area contributed by atoms with Gasteiger partial charge in [-0.15, -0.1) is 11.8 Å². The van der Waals surface area contributed by atoms with Crippen LogP contribution in [0.3, 0.4) is 0 Å². The molecule has 1 fully saturated rings. The fourth-order valence-corrected chi connectivity index (χ4v) is 4.10. The van der Waals surface area contributed by atoms with Gasteiger partial charge in [0.05, 0.1) is 19.9 Å². The van der Waals surface area contributed by atoms with Gasteiger partial charge in [-0.3, -0.25) is 14.5 Å². The smallest absolute Gasteiger partial charge is 0.254 e. The SMILES string of the molecule is COc1ccc(C(=O)N2CCN(CCC(=O)Nc3ccccc3SC)CC2)cc1OC. The molecule has 8 heteroatoms. The molecule has 0 radical (unpaired) electrons. The van der Waals surface area contributed by atoms with Crippen LogP contribution in [-0.2, 0) is 4.79 Å². The third kappa shape index (κ3) is 5.92. The number of benzene rings is 2. The molecule has 0 unspecified atom stereocenters. The summed E-state index contributed by atoms with van der Waals surface area (Å²) in [5.74, 6) is 1.13. The molecule has 0 atom stereocenters. The van der Waals surface area contributed by atoms with E-state index in [9.17, 15) is 9.59 Å². The molecule has 7 nitrogen and oxygen atoms in total. The molecule has 1 saturated heterocycles. The Bertz CT molecular complexity index is 913. The standard InChI is InChI=1S/C23H29N3O4S/c1-29-19-9-8-17(16-20(19)30-2)23(28)26-14-12-25(13-15-26)11-10-22(27)24-18-6-4-5-7-21(18)31-3/h4-9,16H,10-15H2,1-3H3,(H,24,27). The van der Waals surface area contributed by atoms with Crippen molar-refractivity contribution in [2.45, 2.75) is 11.3 Å². The lowest BCUT2D eigenvalue weighted by atomic mass is 10.1. The first-order chi connectivity index (χ1) is 15.0. The molecule has 3 rings (SSSR count). The van der Waals surface area contributed by atoms with Gasteiger partial charge >= 0.3 is 0 Å². The van der Waals surface area contributed by atoms with Gasteiger partial charge in [-0.1, -0.05) is 12.1 Å².